The van der Waals surface area contributed by atoms with E-state index in [1.807, 2.05) is 22.7 Å². The second-order valence-electron chi connectivity index (χ2n) is 18.9. The first-order chi connectivity index (χ1) is 29.1. The molecule has 1 aliphatic carbocycles. The summed E-state index contributed by atoms with van der Waals surface area (Å²) in [5.41, 5.74) is 18.6. The van der Waals surface area contributed by atoms with Crippen molar-refractivity contribution in [1.29, 1.82) is 0 Å². The van der Waals surface area contributed by atoms with E-state index < -0.39 is 0 Å². The lowest BCUT2D eigenvalue weighted by atomic mass is 9.43. The second kappa shape index (κ2) is 11.2. The fourth-order valence-corrected chi connectivity index (χ4v) is 13.7. The molecule has 0 saturated carbocycles. The number of rotatable bonds is 1. The SMILES string of the molecule is CC(C)(C)c1ccc(N2B3c4cc5c(cc4-n4c6cc7sc8ccccc8c7cc6c6ccc(c3c64)-c3cc4c(cc32)sc2ccccc24)C(C)(C)c2ccccc2-5)cc1. The summed E-state index contributed by atoms with van der Waals surface area (Å²) in [5, 5.41) is 8.01. The Labute approximate surface area is 357 Å². The Morgan fingerprint density at radius 1 is 0.500 bits per heavy atom. The molecule has 3 aliphatic rings. The van der Waals surface area contributed by atoms with Crippen molar-refractivity contribution in [2.24, 2.45) is 0 Å². The molecule has 5 heterocycles. The Balaban J connectivity index is 1.16. The lowest BCUT2D eigenvalue weighted by molar-refractivity contribution is 0.590. The van der Waals surface area contributed by atoms with Crippen LogP contribution in [-0.2, 0) is 10.8 Å². The standard InChI is InChI=1S/C55H39BN2S2/c1-54(2,3)30-18-20-31(21-19-30)58-46-29-51-40(33-13-7-11-17-49(33)60-51)24-38(46)35-22-23-36-39-25-41-34-14-8-10-16-48(34)59-50(41)28-45(39)57-47-27-43-37(26-44(47)56(58)52(35)53(36)57)32-12-6-9-15-42(32)55(43,4)5/h6-29H,1-5H3. The zero-order chi connectivity index (χ0) is 40.0. The maximum absolute atomic E-state index is 2.71. The van der Waals surface area contributed by atoms with Gasteiger partial charge in [0.25, 0.3) is 0 Å². The molecule has 0 spiro atoms. The molecule has 11 aromatic rings. The minimum Gasteiger partial charge on any atom is -0.376 e. The van der Waals surface area contributed by atoms with Gasteiger partial charge in [-0.3, -0.25) is 0 Å². The number of thiophene rings is 2. The van der Waals surface area contributed by atoms with Gasteiger partial charge in [-0.1, -0.05) is 126 Å². The predicted octanol–water partition coefficient (Wildman–Crippen LogP) is 14.4. The van der Waals surface area contributed by atoms with Crippen LogP contribution in [0.1, 0.15) is 51.3 Å². The monoisotopic (exact) mass is 802 g/mol. The highest BCUT2D eigenvalue weighted by Gasteiger charge is 2.46. The van der Waals surface area contributed by atoms with Gasteiger partial charge >= 0.3 is 6.85 Å². The minimum atomic E-state index is -0.127. The number of fused-ring (bicyclic) bond motifs is 17. The van der Waals surface area contributed by atoms with E-state index in [0.717, 1.165) is 0 Å². The third-order valence-corrected chi connectivity index (χ3v) is 16.6. The van der Waals surface area contributed by atoms with Crippen molar-refractivity contribution in [3.8, 4) is 27.9 Å². The van der Waals surface area contributed by atoms with Crippen LogP contribution in [-0.4, -0.2) is 11.4 Å². The van der Waals surface area contributed by atoms with Gasteiger partial charge in [0, 0.05) is 79.2 Å². The van der Waals surface area contributed by atoms with E-state index in [2.05, 4.69) is 190 Å². The highest BCUT2D eigenvalue weighted by Crippen LogP contribution is 2.53. The van der Waals surface area contributed by atoms with Crippen molar-refractivity contribution in [3.05, 3.63) is 162 Å². The molecule has 0 unspecified atom stereocenters. The van der Waals surface area contributed by atoms with Crippen molar-refractivity contribution < 1.29 is 0 Å². The van der Waals surface area contributed by atoms with Gasteiger partial charge in [-0.15, -0.1) is 22.7 Å². The summed E-state index contributed by atoms with van der Waals surface area (Å²) in [4.78, 5) is 2.71. The Kier molecular flexibility index (Phi) is 6.26. The van der Waals surface area contributed by atoms with Gasteiger partial charge in [0.2, 0.25) is 0 Å². The van der Waals surface area contributed by atoms with E-state index in [9.17, 15) is 0 Å². The first kappa shape index (κ1) is 33.7. The molecule has 0 N–H and O–H groups in total. The lowest BCUT2D eigenvalue weighted by Gasteiger charge is -2.42. The van der Waals surface area contributed by atoms with Crippen LogP contribution in [0.2, 0.25) is 0 Å². The molecule has 0 radical (unpaired) electrons. The maximum Gasteiger partial charge on any atom is 0.333 e. The van der Waals surface area contributed by atoms with Crippen LogP contribution in [0.25, 0.3) is 90.1 Å². The average Bonchev–Trinajstić information content (AvgIpc) is 3.97. The van der Waals surface area contributed by atoms with E-state index in [0.29, 0.717) is 0 Å². The van der Waals surface area contributed by atoms with Gasteiger partial charge in [-0.05, 0) is 104 Å². The first-order valence-electron chi connectivity index (χ1n) is 21.2. The molecule has 3 aromatic heterocycles. The molecule has 0 bridgehead atoms. The smallest absolute Gasteiger partial charge is 0.333 e. The summed E-state index contributed by atoms with van der Waals surface area (Å²) in [6.45, 7) is 11.7. The normalized spacial score (nSPS) is 14.8. The minimum absolute atomic E-state index is 0.0431. The maximum atomic E-state index is 2.71. The van der Waals surface area contributed by atoms with Crippen molar-refractivity contribution in [1.82, 2.24) is 4.57 Å². The molecule has 0 saturated heterocycles. The third-order valence-electron chi connectivity index (χ3n) is 14.3. The molecule has 8 aromatic carbocycles. The van der Waals surface area contributed by atoms with Gasteiger partial charge in [-0.2, -0.15) is 0 Å². The lowest BCUT2D eigenvalue weighted by Crippen LogP contribution is -2.60. The molecule has 5 heteroatoms. The summed E-state index contributed by atoms with van der Waals surface area (Å²) >= 11 is 3.83. The Hall–Kier alpha value is -6.14. The summed E-state index contributed by atoms with van der Waals surface area (Å²) in [6.07, 6.45) is 0. The van der Waals surface area contributed by atoms with E-state index in [1.54, 1.807) is 0 Å². The van der Waals surface area contributed by atoms with Gasteiger partial charge in [0.15, 0.2) is 0 Å². The fourth-order valence-electron chi connectivity index (χ4n) is 11.4. The van der Waals surface area contributed by atoms with Crippen molar-refractivity contribution in [3.63, 3.8) is 0 Å². The molecule has 0 amide bonds. The number of benzene rings is 8. The van der Waals surface area contributed by atoms with E-state index in [1.165, 1.54) is 129 Å². The predicted molar refractivity (Wildman–Crippen MR) is 262 cm³/mol. The number of aromatic nitrogens is 1. The zero-order valence-electron chi connectivity index (χ0n) is 34.1. The number of nitrogens with zero attached hydrogens (tertiary/aromatic N) is 2. The molecule has 2 nitrogen and oxygen atoms in total. The van der Waals surface area contributed by atoms with Crippen molar-refractivity contribution in [2.75, 3.05) is 4.81 Å². The van der Waals surface area contributed by atoms with Crippen LogP contribution in [0.15, 0.2) is 146 Å². The molecular weight excluding hydrogens is 764 g/mol. The highest BCUT2D eigenvalue weighted by atomic mass is 32.1. The molecule has 284 valence electrons. The second-order valence-corrected chi connectivity index (χ2v) is 21.1. The Morgan fingerprint density at radius 3 is 1.93 bits per heavy atom. The third kappa shape index (κ3) is 4.15. The Bertz CT molecular complexity index is 3740. The number of hydrogen-bond acceptors (Lipinski definition) is 3. The summed E-state index contributed by atoms with van der Waals surface area (Å²) in [5.74, 6) is 0. The van der Waals surface area contributed by atoms with Crippen molar-refractivity contribution in [2.45, 2.75) is 45.4 Å². The van der Waals surface area contributed by atoms with Crippen LogP contribution in [0.5, 0.6) is 0 Å². The summed E-state index contributed by atoms with van der Waals surface area (Å²) in [6, 6.07) is 56.6. The van der Waals surface area contributed by atoms with E-state index in [-0.39, 0.29) is 17.7 Å². The quantitative estimate of drug-likeness (QED) is 0.150. The van der Waals surface area contributed by atoms with Crippen molar-refractivity contribution >= 4 is 114 Å². The molecule has 2 aliphatic heterocycles. The fraction of sp³-hybridized carbons (Fsp3) is 0.127. The molecular formula is C55H39BN2S2. The van der Waals surface area contributed by atoms with Crippen LogP contribution < -0.4 is 15.7 Å². The van der Waals surface area contributed by atoms with Gasteiger partial charge in [-0.25, -0.2) is 0 Å². The molecule has 0 atom stereocenters. The zero-order valence-corrected chi connectivity index (χ0v) is 35.8. The highest BCUT2D eigenvalue weighted by molar-refractivity contribution is 7.26. The van der Waals surface area contributed by atoms with E-state index >= 15 is 0 Å². The van der Waals surface area contributed by atoms with Gasteiger partial charge in [0.1, 0.15) is 0 Å². The van der Waals surface area contributed by atoms with Crippen LogP contribution in [0.4, 0.5) is 11.4 Å². The molecule has 14 rings (SSSR count). The van der Waals surface area contributed by atoms with Crippen LogP contribution in [0, 0.1) is 0 Å². The summed E-state index contributed by atoms with van der Waals surface area (Å²) in [7, 11) is 0. The topological polar surface area (TPSA) is 8.17 Å². The molecule has 0 fully saturated rings. The van der Waals surface area contributed by atoms with E-state index in [4.69, 9.17) is 0 Å². The van der Waals surface area contributed by atoms with Gasteiger partial charge in [0.05, 0.1) is 11.0 Å². The summed E-state index contributed by atoms with van der Waals surface area (Å²) < 4.78 is 8.02. The van der Waals surface area contributed by atoms with Crippen LogP contribution in [0.3, 0.4) is 0 Å². The molecule has 60 heavy (non-hydrogen) atoms. The largest absolute Gasteiger partial charge is 0.376 e. The van der Waals surface area contributed by atoms with Gasteiger partial charge < -0.3 is 9.38 Å². The number of hydrogen-bond donors (Lipinski definition) is 0. The Morgan fingerprint density at radius 2 is 1.18 bits per heavy atom. The van der Waals surface area contributed by atoms with Crippen LogP contribution >= 0.6 is 22.7 Å². The first-order valence-corrected chi connectivity index (χ1v) is 22.8. The average molecular weight is 803 g/mol. The number of anilines is 2.